The SMILES string of the molecule is B.CC(=O)Oc1ccccc1[N+](=O)[O-]. The third-order valence-corrected chi connectivity index (χ3v) is 1.32. The molecular formula is C8H10BNO4. The third kappa shape index (κ3) is 2.89. The first-order chi connectivity index (χ1) is 6.11. The maximum atomic E-state index is 10.5. The number of hydrogen-bond acceptors (Lipinski definition) is 4. The van der Waals surface area contributed by atoms with Crippen LogP contribution in [-0.4, -0.2) is 19.3 Å². The Morgan fingerprint density at radius 3 is 2.50 bits per heavy atom. The van der Waals surface area contributed by atoms with Crippen molar-refractivity contribution in [3.63, 3.8) is 0 Å². The van der Waals surface area contributed by atoms with Crippen LogP contribution in [0.5, 0.6) is 5.75 Å². The Morgan fingerprint density at radius 2 is 2.00 bits per heavy atom. The van der Waals surface area contributed by atoms with Crippen LogP contribution in [0.2, 0.25) is 0 Å². The van der Waals surface area contributed by atoms with E-state index in [4.69, 9.17) is 0 Å². The highest BCUT2D eigenvalue weighted by atomic mass is 16.6. The summed E-state index contributed by atoms with van der Waals surface area (Å²) < 4.78 is 4.63. The van der Waals surface area contributed by atoms with Crippen LogP contribution in [0, 0.1) is 10.1 Å². The van der Waals surface area contributed by atoms with Crippen LogP contribution in [0.1, 0.15) is 6.92 Å². The smallest absolute Gasteiger partial charge is 0.311 e. The number of esters is 1. The molecule has 0 spiro atoms. The molecule has 0 aromatic heterocycles. The normalized spacial score (nSPS) is 8.64. The molecule has 0 aliphatic carbocycles. The molecule has 0 N–H and O–H groups in total. The van der Waals surface area contributed by atoms with E-state index in [0.717, 1.165) is 0 Å². The molecule has 5 nitrogen and oxygen atoms in total. The van der Waals surface area contributed by atoms with Crippen molar-refractivity contribution in [1.82, 2.24) is 0 Å². The number of benzene rings is 1. The maximum absolute atomic E-state index is 10.5. The van der Waals surface area contributed by atoms with E-state index in [9.17, 15) is 14.9 Å². The van der Waals surface area contributed by atoms with Crippen LogP contribution in [-0.2, 0) is 4.79 Å². The van der Waals surface area contributed by atoms with Crippen LogP contribution in [0.3, 0.4) is 0 Å². The Hall–Kier alpha value is -1.85. The number of carbonyl (C=O) groups excluding carboxylic acids is 1. The summed E-state index contributed by atoms with van der Waals surface area (Å²) in [5, 5.41) is 10.4. The van der Waals surface area contributed by atoms with Gasteiger partial charge in [-0.25, -0.2) is 0 Å². The summed E-state index contributed by atoms with van der Waals surface area (Å²) in [5.41, 5.74) is -0.210. The van der Waals surface area contributed by atoms with E-state index in [0.29, 0.717) is 0 Å². The summed E-state index contributed by atoms with van der Waals surface area (Å²) in [5.74, 6) is -0.602. The molecule has 0 fully saturated rings. The predicted molar refractivity (Wildman–Crippen MR) is 54.3 cm³/mol. The summed E-state index contributed by atoms with van der Waals surface area (Å²) in [6, 6.07) is 5.72. The van der Waals surface area contributed by atoms with Crippen molar-refractivity contribution in [2.45, 2.75) is 6.92 Å². The van der Waals surface area contributed by atoms with Gasteiger partial charge >= 0.3 is 11.7 Å². The van der Waals surface area contributed by atoms with Gasteiger partial charge in [0.25, 0.3) is 0 Å². The fraction of sp³-hybridized carbons (Fsp3) is 0.125. The molecule has 0 bridgehead atoms. The average molecular weight is 195 g/mol. The van der Waals surface area contributed by atoms with Crippen molar-refractivity contribution in [3.05, 3.63) is 34.4 Å². The lowest BCUT2D eigenvalue weighted by atomic mass is 10.3. The van der Waals surface area contributed by atoms with Crippen LogP contribution in [0.15, 0.2) is 24.3 Å². The molecule has 0 unspecified atom stereocenters. The Kier molecular flexibility index (Phi) is 4.35. The number of para-hydroxylation sites is 2. The van der Waals surface area contributed by atoms with E-state index in [1.165, 1.54) is 25.1 Å². The topological polar surface area (TPSA) is 69.4 Å². The molecule has 14 heavy (non-hydrogen) atoms. The number of rotatable bonds is 2. The van der Waals surface area contributed by atoms with Gasteiger partial charge in [0, 0.05) is 13.0 Å². The molecule has 0 radical (unpaired) electrons. The Balaban J connectivity index is 0.00000169. The van der Waals surface area contributed by atoms with Crippen molar-refractivity contribution in [1.29, 1.82) is 0 Å². The average Bonchev–Trinajstić information content (AvgIpc) is 2.03. The summed E-state index contributed by atoms with van der Waals surface area (Å²) in [6.07, 6.45) is 0. The highest BCUT2D eigenvalue weighted by molar-refractivity contribution is 5.75. The summed E-state index contributed by atoms with van der Waals surface area (Å²) in [6.45, 7) is 1.19. The first-order valence-corrected chi connectivity index (χ1v) is 3.53. The second kappa shape index (κ2) is 5.01. The zero-order valence-electron chi connectivity index (χ0n) is 6.89. The van der Waals surface area contributed by atoms with Crippen LogP contribution < -0.4 is 4.74 Å². The minimum atomic E-state index is -0.599. The molecule has 0 heterocycles. The standard InChI is InChI=1S/C8H7NO4.BH3/c1-6(10)13-8-5-3-2-4-7(8)9(11)12;/h2-5H,1H3;1H3. The Labute approximate surface area is 82.4 Å². The monoisotopic (exact) mass is 195 g/mol. The van der Waals surface area contributed by atoms with Gasteiger partial charge in [-0.3, -0.25) is 14.9 Å². The minimum Gasteiger partial charge on any atom is -0.419 e. The van der Waals surface area contributed by atoms with Gasteiger partial charge in [-0.2, -0.15) is 0 Å². The van der Waals surface area contributed by atoms with E-state index in [-0.39, 0.29) is 19.8 Å². The molecule has 0 aliphatic rings. The fourth-order valence-corrected chi connectivity index (χ4v) is 0.849. The third-order valence-electron chi connectivity index (χ3n) is 1.32. The summed E-state index contributed by atoms with van der Waals surface area (Å²) in [7, 11) is 0. The highest BCUT2D eigenvalue weighted by Crippen LogP contribution is 2.25. The van der Waals surface area contributed by atoms with Crippen molar-refractivity contribution >= 4 is 20.1 Å². The molecular weight excluding hydrogens is 185 g/mol. The van der Waals surface area contributed by atoms with Crippen LogP contribution in [0.4, 0.5) is 5.69 Å². The zero-order valence-corrected chi connectivity index (χ0v) is 6.89. The van der Waals surface area contributed by atoms with E-state index in [1.54, 1.807) is 6.07 Å². The van der Waals surface area contributed by atoms with E-state index >= 15 is 0 Å². The predicted octanol–water partition coefficient (Wildman–Crippen LogP) is 0.336. The van der Waals surface area contributed by atoms with Gasteiger partial charge in [-0.15, -0.1) is 0 Å². The lowest BCUT2D eigenvalue weighted by Gasteiger charge is -2.00. The van der Waals surface area contributed by atoms with Gasteiger partial charge < -0.3 is 4.74 Å². The number of ether oxygens (including phenoxy) is 1. The van der Waals surface area contributed by atoms with Crippen molar-refractivity contribution < 1.29 is 14.5 Å². The fourth-order valence-electron chi connectivity index (χ4n) is 0.849. The molecule has 0 saturated heterocycles. The van der Waals surface area contributed by atoms with Gasteiger partial charge in [0.05, 0.1) is 13.3 Å². The first kappa shape index (κ1) is 12.2. The molecule has 1 aromatic rings. The van der Waals surface area contributed by atoms with Gasteiger partial charge in [-0.1, -0.05) is 12.1 Å². The second-order valence-electron chi connectivity index (χ2n) is 2.32. The lowest BCUT2D eigenvalue weighted by Crippen LogP contribution is -2.03. The quantitative estimate of drug-likeness (QED) is 0.224. The van der Waals surface area contributed by atoms with Gasteiger partial charge in [0.1, 0.15) is 0 Å². The van der Waals surface area contributed by atoms with Crippen LogP contribution >= 0.6 is 0 Å². The highest BCUT2D eigenvalue weighted by Gasteiger charge is 2.14. The molecule has 0 amide bonds. The number of nitro groups is 1. The first-order valence-electron chi connectivity index (χ1n) is 3.53. The zero-order chi connectivity index (χ0) is 9.84. The maximum Gasteiger partial charge on any atom is 0.311 e. The molecule has 1 rings (SSSR count). The number of nitro benzene ring substituents is 1. The molecule has 6 heteroatoms. The summed E-state index contributed by atoms with van der Waals surface area (Å²) in [4.78, 5) is 20.4. The van der Waals surface area contributed by atoms with Crippen molar-refractivity contribution in [3.8, 4) is 5.75 Å². The molecule has 1 aromatic carbocycles. The number of carbonyl (C=O) groups is 1. The van der Waals surface area contributed by atoms with Crippen molar-refractivity contribution in [2.75, 3.05) is 0 Å². The van der Waals surface area contributed by atoms with E-state index in [2.05, 4.69) is 4.74 Å². The van der Waals surface area contributed by atoms with E-state index < -0.39 is 10.9 Å². The van der Waals surface area contributed by atoms with Gasteiger partial charge in [0.2, 0.25) is 5.75 Å². The molecule has 0 atom stereocenters. The van der Waals surface area contributed by atoms with Gasteiger partial charge in [-0.05, 0) is 6.07 Å². The number of hydrogen-bond donors (Lipinski definition) is 0. The molecule has 0 aliphatic heterocycles. The second-order valence-corrected chi connectivity index (χ2v) is 2.32. The largest absolute Gasteiger partial charge is 0.419 e. The van der Waals surface area contributed by atoms with E-state index in [1.807, 2.05) is 0 Å². The minimum absolute atomic E-state index is 0. The molecule has 0 saturated carbocycles. The van der Waals surface area contributed by atoms with Gasteiger partial charge in [0.15, 0.2) is 0 Å². The van der Waals surface area contributed by atoms with Crippen molar-refractivity contribution in [2.24, 2.45) is 0 Å². The Morgan fingerprint density at radius 1 is 1.43 bits per heavy atom. The lowest BCUT2D eigenvalue weighted by molar-refractivity contribution is -0.385. The number of nitrogens with zero attached hydrogens (tertiary/aromatic N) is 1. The Bertz CT molecular complexity index is 353. The van der Waals surface area contributed by atoms with Crippen LogP contribution in [0.25, 0.3) is 0 Å². The summed E-state index contributed by atoms with van der Waals surface area (Å²) >= 11 is 0. The molecule has 74 valence electrons.